The Bertz CT molecular complexity index is 259. The lowest BCUT2D eigenvalue weighted by atomic mass is 10.2. The zero-order valence-corrected chi connectivity index (χ0v) is 6.46. The lowest BCUT2D eigenvalue weighted by molar-refractivity contribution is 1.25. The van der Waals surface area contributed by atoms with E-state index in [0.29, 0.717) is 5.70 Å². The molecule has 0 aromatic heterocycles. The summed E-state index contributed by atoms with van der Waals surface area (Å²) in [5, 5.41) is 2.95. The van der Waals surface area contributed by atoms with Crippen LogP contribution in [0.1, 0.15) is 6.92 Å². The van der Waals surface area contributed by atoms with E-state index in [1.807, 2.05) is 13.0 Å². The van der Waals surface area contributed by atoms with Crippen molar-refractivity contribution in [3.63, 3.8) is 0 Å². The second-order valence-electron chi connectivity index (χ2n) is 2.19. The molecule has 0 saturated heterocycles. The molecule has 0 aromatic carbocycles. The van der Waals surface area contributed by atoms with Gasteiger partial charge in [-0.2, -0.15) is 0 Å². The van der Waals surface area contributed by atoms with E-state index >= 15 is 0 Å². The van der Waals surface area contributed by atoms with Crippen LogP contribution >= 0.6 is 0 Å². The molecule has 0 amide bonds. The first-order chi connectivity index (χ1) is 5.25. The van der Waals surface area contributed by atoms with Crippen molar-refractivity contribution in [2.45, 2.75) is 6.92 Å². The van der Waals surface area contributed by atoms with Crippen LogP contribution < -0.4 is 11.1 Å². The van der Waals surface area contributed by atoms with Gasteiger partial charge in [-0.15, -0.1) is 0 Å². The number of nitrogens with two attached hydrogens (primary N) is 1. The van der Waals surface area contributed by atoms with E-state index in [0.717, 1.165) is 11.4 Å². The molecule has 3 heteroatoms. The number of rotatable bonds is 1. The van der Waals surface area contributed by atoms with Gasteiger partial charge in [0.1, 0.15) is 5.84 Å². The molecule has 0 fully saturated rings. The Morgan fingerprint density at radius 2 is 2.45 bits per heavy atom. The van der Waals surface area contributed by atoms with E-state index in [4.69, 9.17) is 5.73 Å². The normalized spacial score (nSPS) is 17.0. The summed E-state index contributed by atoms with van der Waals surface area (Å²) in [7, 11) is 0. The Morgan fingerprint density at radius 1 is 1.73 bits per heavy atom. The Balaban J connectivity index is 2.60. The number of aliphatic imine (C=N–C) groups is 1. The minimum absolute atomic E-state index is 0.622. The van der Waals surface area contributed by atoms with Crippen LogP contribution in [-0.2, 0) is 0 Å². The molecule has 1 aliphatic heterocycles. The highest BCUT2D eigenvalue weighted by Crippen LogP contribution is 2.09. The molecule has 0 radical (unpaired) electrons. The van der Waals surface area contributed by atoms with Gasteiger partial charge in [-0.3, -0.25) is 0 Å². The van der Waals surface area contributed by atoms with Gasteiger partial charge in [-0.25, -0.2) is 4.99 Å². The molecule has 0 atom stereocenters. The average Bonchev–Trinajstić information content (AvgIpc) is 2.31. The first-order valence-electron chi connectivity index (χ1n) is 3.36. The van der Waals surface area contributed by atoms with Crippen molar-refractivity contribution in [3.05, 3.63) is 36.3 Å². The first kappa shape index (κ1) is 7.60. The molecule has 0 aromatic rings. The lowest BCUT2D eigenvalue weighted by Gasteiger charge is -2.01. The molecule has 1 heterocycles. The zero-order valence-electron chi connectivity index (χ0n) is 6.46. The van der Waals surface area contributed by atoms with Crippen molar-refractivity contribution in [3.8, 4) is 0 Å². The molecule has 11 heavy (non-hydrogen) atoms. The van der Waals surface area contributed by atoms with E-state index in [2.05, 4.69) is 16.9 Å². The van der Waals surface area contributed by atoms with Gasteiger partial charge in [0.15, 0.2) is 0 Å². The fourth-order valence-corrected chi connectivity index (χ4v) is 0.713. The van der Waals surface area contributed by atoms with Gasteiger partial charge in [0.25, 0.3) is 0 Å². The zero-order chi connectivity index (χ0) is 8.27. The molecule has 0 saturated carbocycles. The highest BCUT2D eigenvalue weighted by molar-refractivity contribution is 6.04. The van der Waals surface area contributed by atoms with Crippen LogP contribution in [0.5, 0.6) is 0 Å². The van der Waals surface area contributed by atoms with Crippen LogP contribution in [0.3, 0.4) is 0 Å². The van der Waals surface area contributed by atoms with Crippen LogP contribution in [0.15, 0.2) is 41.3 Å². The third-order valence-corrected chi connectivity index (χ3v) is 1.35. The Hall–Kier alpha value is -1.51. The monoisotopic (exact) mass is 149 g/mol. The summed E-state index contributed by atoms with van der Waals surface area (Å²) in [6.45, 7) is 5.67. The van der Waals surface area contributed by atoms with Crippen molar-refractivity contribution < 1.29 is 0 Å². The number of hydrogen-bond donors (Lipinski definition) is 2. The summed E-state index contributed by atoms with van der Waals surface area (Å²) in [4.78, 5) is 4.00. The number of allylic oxidation sites excluding steroid dienone is 1. The molecule has 0 aliphatic carbocycles. The Labute approximate surface area is 66.0 Å². The van der Waals surface area contributed by atoms with Gasteiger partial charge in [-0.05, 0) is 13.1 Å². The third-order valence-electron chi connectivity index (χ3n) is 1.35. The topological polar surface area (TPSA) is 50.4 Å². The summed E-state index contributed by atoms with van der Waals surface area (Å²) < 4.78 is 0. The molecular formula is C8H11N3. The SMILES string of the molecule is C=C1C(N)=CN=C1N/C=C\C. The van der Waals surface area contributed by atoms with Gasteiger partial charge in [-0.1, -0.05) is 12.7 Å². The van der Waals surface area contributed by atoms with Crippen LogP contribution in [-0.4, -0.2) is 5.84 Å². The fourth-order valence-electron chi connectivity index (χ4n) is 0.713. The summed E-state index contributed by atoms with van der Waals surface area (Å²) in [5.41, 5.74) is 6.90. The summed E-state index contributed by atoms with van der Waals surface area (Å²) in [6, 6.07) is 0. The van der Waals surface area contributed by atoms with E-state index in [1.54, 1.807) is 12.4 Å². The minimum Gasteiger partial charge on any atom is -0.397 e. The average molecular weight is 149 g/mol. The van der Waals surface area contributed by atoms with Crippen molar-refractivity contribution in [2.24, 2.45) is 10.7 Å². The van der Waals surface area contributed by atoms with E-state index in [9.17, 15) is 0 Å². The maximum absolute atomic E-state index is 5.52. The van der Waals surface area contributed by atoms with Crippen LogP contribution in [0, 0.1) is 0 Å². The first-order valence-corrected chi connectivity index (χ1v) is 3.36. The molecule has 3 N–H and O–H groups in total. The van der Waals surface area contributed by atoms with E-state index < -0.39 is 0 Å². The maximum Gasteiger partial charge on any atom is 0.138 e. The number of hydrogen-bond acceptors (Lipinski definition) is 3. The summed E-state index contributed by atoms with van der Waals surface area (Å²) in [5.74, 6) is 0.723. The standard InChI is InChI=1S/C8H11N3/c1-3-4-10-8-6(2)7(9)5-11-8/h3-5H,2,9H2,1H3,(H,10,11)/b4-3-. The Kier molecular flexibility index (Phi) is 2.11. The Morgan fingerprint density at radius 3 is 2.91 bits per heavy atom. The van der Waals surface area contributed by atoms with Crippen molar-refractivity contribution >= 4 is 5.84 Å². The molecule has 0 bridgehead atoms. The lowest BCUT2D eigenvalue weighted by Crippen LogP contribution is -2.18. The summed E-state index contributed by atoms with van der Waals surface area (Å²) in [6.07, 6.45) is 5.26. The smallest absolute Gasteiger partial charge is 0.138 e. The molecule has 0 unspecified atom stereocenters. The number of nitrogens with one attached hydrogen (secondary N) is 1. The minimum atomic E-state index is 0.622. The van der Waals surface area contributed by atoms with Crippen molar-refractivity contribution in [2.75, 3.05) is 0 Å². The van der Waals surface area contributed by atoms with Crippen molar-refractivity contribution in [1.82, 2.24) is 5.32 Å². The van der Waals surface area contributed by atoms with E-state index in [1.165, 1.54) is 0 Å². The van der Waals surface area contributed by atoms with Gasteiger partial charge in [0.05, 0.1) is 11.9 Å². The molecule has 1 rings (SSSR count). The predicted molar refractivity (Wildman–Crippen MR) is 46.8 cm³/mol. The van der Waals surface area contributed by atoms with Gasteiger partial charge < -0.3 is 11.1 Å². The van der Waals surface area contributed by atoms with E-state index in [-0.39, 0.29) is 0 Å². The van der Waals surface area contributed by atoms with Gasteiger partial charge in [0.2, 0.25) is 0 Å². The number of nitrogens with zero attached hydrogens (tertiary/aromatic N) is 1. The van der Waals surface area contributed by atoms with Crippen molar-refractivity contribution in [1.29, 1.82) is 0 Å². The van der Waals surface area contributed by atoms with Crippen LogP contribution in [0.2, 0.25) is 0 Å². The quantitative estimate of drug-likeness (QED) is 0.581. The molecule has 58 valence electrons. The second kappa shape index (κ2) is 3.05. The molecule has 0 spiro atoms. The van der Waals surface area contributed by atoms with Gasteiger partial charge >= 0.3 is 0 Å². The highest BCUT2D eigenvalue weighted by atomic mass is 15.0. The molecular weight excluding hydrogens is 138 g/mol. The number of amidine groups is 1. The van der Waals surface area contributed by atoms with Crippen LogP contribution in [0.4, 0.5) is 0 Å². The largest absolute Gasteiger partial charge is 0.397 e. The summed E-state index contributed by atoms with van der Waals surface area (Å²) >= 11 is 0. The predicted octanol–water partition coefficient (Wildman–Crippen LogP) is 0.878. The fraction of sp³-hybridized carbons (Fsp3) is 0.125. The van der Waals surface area contributed by atoms with Crippen LogP contribution in [0.25, 0.3) is 0 Å². The molecule has 1 aliphatic rings. The third kappa shape index (κ3) is 1.49. The second-order valence-corrected chi connectivity index (χ2v) is 2.19. The van der Waals surface area contributed by atoms with Gasteiger partial charge in [0, 0.05) is 5.57 Å². The molecule has 3 nitrogen and oxygen atoms in total. The highest BCUT2D eigenvalue weighted by Gasteiger charge is 2.10. The maximum atomic E-state index is 5.52.